The highest BCUT2D eigenvalue weighted by Gasteiger charge is 2.02. The van der Waals surface area contributed by atoms with E-state index in [0.717, 1.165) is 12.1 Å². The monoisotopic (exact) mass is 272 g/mol. The first-order chi connectivity index (χ1) is 8.43. The molecule has 0 unspecified atom stereocenters. The number of nitrogens with two attached hydrogens (primary N) is 1. The number of aryl methyl sites for hydroxylation is 1. The van der Waals surface area contributed by atoms with E-state index in [9.17, 15) is 13.0 Å². The Morgan fingerprint density at radius 1 is 1.33 bits per heavy atom. The van der Waals surface area contributed by atoms with E-state index < -0.39 is 10.1 Å². The molecule has 0 spiro atoms. The smallest absolute Gasteiger partial charge is 0.179 e. The molecule has 0 bridgehead atoms. The molecule has 0 amide bonds. The maximum atomic E-state index is 10.4. The van der Waals surface area contributed by atoms with Crippen molar-refractivity contribution in [3.05, 3.63) is 42.3 Å². The molecule has 0 aromatic heterocycles. The fourth-order valence-electron chi connectivity index (χ4n) is 1.15. The summed E-state index contributed by atoms with van der Waals surface area (Å²) < 4.78 is 31.2. The zero-order valence-corrected chi connectivity index (χ0v) is 11.1. The Bertz CT molecular complexity index is 496. The van der Waals surface area contributed by atoms with E-state index in [1.54, 1.807) is 24.0 Å². The number of benzene rings is 1. The number of nitrogens with zero attached hydrogens (tertiary/aromatic N) is 1. The van der Waals surface area contributed by atoms with Gasteiger partial charge in [0.1, 0.15) is 10.1 Å². The van der Waals surface area contributed by atoms with Crippen LogP contribution < -0.4 is 5.59 Å². The lowest BCUT2D eigenvalue weighted by molar-refractivity contribution is -0.968. The lowest BCUT2D eigenvalue weighted by Gasteiger charge is -2.05. The Hall–Kier alpha value is -1.57. The van der Waals surface area contributed by atoms with Gasteiger partial charge in [0.05, 0.1) is 17.6 Å². The summed E-state index contributed by atoms with van der Waals surface area (Å²) in [6.45, 7) is 4.87. The molecule has 2 N–H and O–H groups in total. The molecule has 0 aliphatic carbocycles. The molecule has 1 aromatic carbocycles. The fourth-order valence-corrected chi connectivity index (χ4v) is 1.62. The predicted octanol–water partition coefficient (Wildman–Crippen LogP) is 0.102. The highest BCUT2D eigenvalue weighted by Crippen LogP contribution is 2.08. The third kappa shape index (κ3) is 4.74. The second-order valence-electron chi connectivity index (χ2n) is 3.62. The topological polar surface area (TPSA) is 86.3 Å². The average Bonchev–Trinajstić information content (AvgIpc) is 2.82. The van der Waals surface area contributed by atoms with Crippen LogP contribution in [0.15, 0.2) is 41.6 Å². The van der Waals surface area contributed by atoms with Crippen LogP contribution in [0.2, 0.25) is 0 Å². The van der Waals surface area contributed by atoms with E-state index in [1.165, 1.54) is 12.1 Å². The van der Waals surface area contributed by atoms with Gasteiger partial charge in [-0.25, -0.2) is 8.42 Å². The molecular formula is C11H16N2O4S. The van der Waals surface area contributed by atoms with Crippen LogP contribution in [0.3, 0.4) is 0 Å². The second-order valence-corrected chi connectivity index (χ2v) is 5.00. The van der Waals surface area contributed by atoms with Crippen molar-refractivity contribution in [3.8, 4) is 0 Å². The summed E-state index contributed by atoms with van der Waals surface area (Å²) in [7, 11) is -4.27. The summed E-state index contributed by atoms with van der Waals surface area (Å²) >= 11 is 0. The summed E-state index contributed by atoms with van der Waals surface area (Å²) in [5.41, 5.74) is 2.61. The largest absolute Gasteiger partial charge is 0.744 e. The molecular weight excluding hydrogens is 256 g/mol. The zero-order valence-electron chi connectivity index (χ0n) is 10.2. The van der Waals surface area contributed by atoms with Crippen LogP contribution in [0.1, 0.15) is 12.5 Å². The van der Waals surface area contributed by atoms with Gasteiger partial charge in [-0.2, -0.15) is 5.01 Å². The average molecular weight is 272 g/mol. The standard InChI is InChI=1S/C7H8O3S.C4H8N2O/c1-6-2-4-7(5-3-6)11(8,9)10;1-2-6-3-4-7-5-6/h2-5H,1H3,(H,8,9,10);3-5H,2H2,1H3. The highest BCUT2D eigenvalue weighted by molar-refractivity contribution is 7.85. The zero-order chi connectivity index (χ0) is 13.6. The number of quaternary nitrogens is 1. The minimum Gasteiger partial charge on any atom is -0.744 e. The molecule has 0 atom stereocenters. The molecule has 2 rings (SSSR count). The van der Waals surface area contributed by atoms with Crippen molar-refractivity contribution < 1.29 is 23.4 Å². The maximum absolute atomic E-state index is 10.4. The van der Waals surface area contributed by atoms with Crippen LogP contribution in [-0.2, 0) is 15.0 Å². The van der Waals surface area contributed by atoms with Crippen molar-refractivity contribution >= 4 is 10.1 Å². The Morgan fingerprint density at radius 3 is 2.28 bits per heavy atom. The molecule has 6 nitrogen and oxygen atoms in total. The van der Waals surface area contributed by atoms with E-state index in [0.29, 0.717) is 0 Å². The molecule has 0 saturated heterocycles. The molecule has 18 heavy (non-hydrogen) atoms. The first-order valence-corrected chi connectivity index (χ1v) is 6.78. The van der Waals surface area contributed by atoms with E-state index in [1.807, 2.05) is 18.1 Å². The lowest BCUT2D eigenvalue weighted by atomic mass is 10.2. The van der Waals surface area contributed by atoms with Crippen molar-refractivity contribution in [1.82, 2.24) is 5.01 Å². The SMILES string of the molecule is CCN1C=CO[NH2+]1.Cc1ccc(S(=O)(=O)[O-])cc1. The summed E-state index contributed by atoms with van der Waals surface area (Å²) in [4.78, 5) is 4.59. The van der Waals surface area contributed by atoms with Gasteiger partial charge in [-0.15, -0.1) is 0 Å². The van der Waals surface area contributed by atoms with E-state index in [2.05, 4.69) is 6.92 Å². The summed E-state index contributed by atoms with van der Waals surface area (Å²) in [6, 6.07) is 5.78. The molecule has 0 radical (unpaired) electrons. The normalized spacial score (nSPS) is 13.8. The van der Waals surface area contributed by atoms with Crippen LogP contribution in [0, 0.1) is 6.92 Å². The van der Waals surface area contributed by atoms with Gasteiger partial charge in [-0.3, -0.25) is 4.84 Å². The van der Waals surface area contributed by atoms with Crippen LogP contribution >= 0.6 is 0 Å². The third-order valence-electron chi connectivity index (χ3n) is 2.20. The number of rotatable bonds is 2. The Kier molecular flexibility index (Phi) is 5.14. The summed E-state index contributed by atoms with van der Waals surface area (Å²) in [5, 5.41) is 1.96. The van der Waals surface area contributed by atoms with Crippen molar-refractivity contribution in [1.29, 1.82) is 0 Å². The van der Waals surface area contributed by atoms with E-state index >= 15 is 0 Å². The minimum absolute atomic E-state index is 0.178. The first-order valence-electron chi connectivity index (χ1n) is 5.37. The molecule has 1 aliphatic heterocycles. The minimum atomic E-state index is -4.27. The molecule has 0 saturated carbocycles. The van der Waals surface area contributed by atoms with E-state index in [-0.39, 0.29) is 4.90 Å². The first kappa shape index (κ1) is 14.5. The third-order valence-corrected chi connectivity index (χ3v) is 3.05. The molecule has 1 aromatic rings. The summed E-state index contributed by atoms with van der Waals surface area (Å²) in [6.07, 6.45) is 3.55. The number of hydrogen-bond acceptors (Lipinski definition) is 5. The van der Waals surface area contributed by atoms with Crippen molar-refractivity contribution in [2.24, 2.45) is 0 Å². The van der Waals surface area contributed by atoms with Gasteiger partial charge in [0.2, 0.25) is 0 Å². The second kappa shape index (κ2) is 6.39. The van der Waals surface area contributed by atoms with Crippen LogP contribution in [0.25, 0.3) is 0 Å². The molecule has 0 fully saturated rings. The van der Waals surface area contributed by atoms with Gasteiger partial charge < -0.3 is 4.55 Å². The van der Waals surface area contributed by atoms with Crippen molar-refractivity contribution in [2.45, 2.75) is 18.7 Å². The Morgan fingerprint density at radius 2 is 1.94 bits per heavy atom. The highest BCUT2D eigenvalue weighted by atomic mass is 32.2. The summed E-state index contributed by atoms with van der Waals surface area (Å²) in [5.74, 6) is 0. The van der Waals surface area contributed by atoms with E-state index in [4.69, 9.17) is 4.84 Å². The molecule has 100 valence electrons. The van der Waals surface area contributed by atoms with Crippen molar-refractivity contribution in [3.63, 3.8) is 0 Å². The molecule has 1 aliphatic rings. The van der Waals surface area contributed by atoms with Gasteiger partial charge in [0.25, 0.3) is 0 Å². The van der Waals surface area contributed by atoms with Crippen LogP contribution in [0.5, 0.6) is 0 Å². The van der Waals surface area contributed by atoms with Crippen LogP contribution in [0.4, 0.5) is 0 Å². The molecule has 1 heterocycles. The Balaban J connectivity index is 0.000000199. The quantitative estimate of drug-likeness (QED) is 0.609. The van der Waals surface area contributed by atoms with Gasteiger partial charge in [-0.05, 0) is 26.0 Å². The van der Waals surface area contributed by atoms with Gasteiger partial charge in [0, 0.05) is 0 Å². The molecule has 7 heteroatoms. The van der Waals surface area contributed by atoms with Crippen molar-refractivity contribution in [2.75, 3.05) is 6.54 Å². The van der Waals surface area contributed by atoms with Crippen LogP contribution in [-0.4, -0.2) is 24.5 Å². The van der Waals surface area contributed by atoms with Gasteiger partial charge in [-0.1, -0.05) is 23.3 Å². The van der Waals surface area contributed by atoms with Gasteiger partial charge >= 0.3 is 0 Å². The number of hydrogen-bond donors (Lipinski definition) is 1. The fraction of sp³-hybridized carbons (Fsp3) is 0.273. The predicted molar refractivity (Wildman–Crippen MR) is 63.7 cm³/mol. The van der Waals surface area contributed by atoms with Gasteiger partial charge in [0.15, 0.2) is 6.26 Å². The lowest BCUT2D eigenvalue weighted by Crippen LogP contribution is -2.88. The Labute approximate surface area is 107 Å². The maximum Gasteiger partial charge on any atom is 0.179 e.